The number of carboxylic acid groups (broad SMARTS) is 1. The number of phenolic OH excluding ortho intramolecular Hbond substituents is 4. The maximum Gasteiger partial charge on any atom is 1.00 e. The number of phenols is 4. The van der Waals surface area contributed by atoms with E-state index < -0.39 is 17.9 Å². The monoisotopic (exact) mass is 1720 g/mol. The molecule has 1 aliphatic heterocycles. The van der Waals surface area contributed by atoms with E-state index in [1.54, 1.807) is 70.5 Å². The fourth-order valence-corrected chi connectivity index (χ4v) is 17.4. The number of carboxylic acids is 1. The van der Waals surface area contributed by atoms with E-state index >= 15 is 0 Å². The number of aromatic carboxylic acids is 1. The van der Waals surface area contributed by atoms with Crippen LogP contribution in [0.4, 0.5) is 0 Å². The van der Waals surface area contributed by atoms with Gasteiger partial charge in [0.05, 0.1) is 58.7 Å². The molecule has 1 saturated heterocycles. The molecule has 616 valence electrons. The van der Waals surface area contributed by atoms with Crippen LogP contribution in [0.2, 0.25) is 0 Å². The van der Waals surface area contributed by atoms with Crippen molar-refractivity contribution in [2.45, 2.75) is 235 Å². The minimum absolute atomic E-state index is 0. The minimum Gasteiger partial charge on any atom is -1.00 e. The second-order valence-corrected chi connectivity index (χ2v) is 30.4. The molecule has 10 atom stereocenters. The number of halogens is 1. The summed E-state index contributed by atoms with van der Waals surface area (Å²) in [4.78, 5) is 56.5. The zero-order chi connectivity index (χ0) is 81.9. The first kappa shape index (κ1) is 96.6. The third-order valence-corrected chi connectivity index (χ3v) is 22.7. The van der Waals surface area contributed by atoms with Gasteiger partial charge in [-0.25, -0.2) is 19.2 Å². The fourth-order valence-electron chi connectivity index (χ4n) is 16.8. The topological polar surface area (TPSA) is 302 Å². The predicted octanol–water partition coefficient (Wildman–Crippen LogP) is 13.6. The van der Waals surface area contributed by atoms with Gasteiger partial charge in [-0.05, 0) is 279 Å². The SMILES string of the molecule is C=CC(=O)OCCCCOc1ccc(C(=O)O)cc1.C=CC(=O)OCCCCOc1ccc(C(=O)Oc2ccc(OCCCC)c3c2C2CCC3C2)cc1.CCCCBr.CCCCOc1ccc(O)c2c1C1CCC2C1.O=CO[O-].Oc1ccc(O)c2c1C1CCC2C1.Oc1ccc(OC2CCCCO2)c2c1C1CCC2C1.[2H]P.[H+].[H-].[K+].[K+]. The van der Waals surface area contributed by atoms with Crippen molar-refractivity contribution in [1.29, 1.82) is 1.28 Å². The Morgan fingerprint density at radius 3 is 1.20 bits per heavy atom. The Bertz CT molecular complexity index is 4040. The van der Waals surface area contributed by atoms with E-state index in [1.807, 2.05) is 24.3 Å². The first-order chi connectivity index (χ1) is 55.5. The first-order valence-corrected chi connectivity index (χ1v) is 41.3. The Morgan fingerprint density at radius 2 is 0.826 bits per heavy atom. The molecule has 21 nitrogen and oxygen atoms in total. The predicted molar refractivity (Wildman–Crippen MR) is 441 cm³/mol. The molecule has 6 aromatic rings. The van der Waals surface area contributed by atoms with Gasteiger partial charge >= 0.3 is 128 Å². The van der Waals surface area contributed by atoms with Crippen LogP contribution in [0.15, 0.2) is 122 Å². The molecule has 5 fully saturated rings. The standard InChI is InChI=1S/C29H34O6.C16H20O3.C15H20O2.C14H16O5.C11H12O2.C4H9Br.CH2O3.2K.H3P.H/c1-3-5-16-33-24-14-15-25(28-22-9-8-21(19-22)27(24)28)35-29(31)20-10-12-23(13-11-20)32-17-6-7-18-34-26(30)4-2;17-12-6-7-13(19-14-3-1-2-8-18-14)16-11-5-4-10(9-11)15(12)16;1-2-3-8-17-13-7-6-12(16)14-10-4-5-11(9-10)15(13)14;1-2-13(15)19-10-4-3-9-18-12-7-5-11(6-8-12)14(16)17;12-8-3-4-9(13)11-7-2-1-6(5-7)10(8)11;1-2-3-4-5;2-1-4-3;;;;/h4,10-15,21-22H,2-3,5-9,16-19H2,1H3;6-7,10-11,14,17H,1-5,8-9H2;6-7,10-11,16H,2-5,8-9H2,1H3;2,5-8H,1,3-4,9-10H2,(H,16,17);3-4,6-7,12-13H,1-2,5H2;2-4H2,1H3;1,3H;;;1H3;/q;;;;;;;2*+1;;-1/i;;;;;;;;;1D;. The fraction of sp³-hybridized carbons (Fsp3) is 0.500. The van der Waals surface area contributed by atoms with Gasteiger partial charge in [0.25, 0.3) is 6.47 Å². The van der Waals surface area contributed by atoms with Crippen molar-refractivity contribution < 1.29 is 208 Å². The summed E-state index contributed by atoms with van der Waals surface area (Å²) in [5.74, 6) is 8.75. The number of carbonyl (C=O) groups excluding carboxylic acids is 4. The van der Waals surface area contributed by atoms with Crippen LogP contribution in [0.3, 0.4) is 0 Å². The van der Waals surface area contributed by atoms with E-state index in [-0.39, 0.29) is 130 Å². The average molecular weight is 1720 g/mol. The molecule has 0 spiro atoms. The van der Waals surface area contributed by atoms with Gasteiger partial charge in [0, 0.05) is 68.4 Å². The second kappa shape index (κ2) is 51.8. The summed E-state index contributed by atoms with van der Waals surface area (Å²) in [6, 6.07) is 27.7. The zero-order valence-corrected chi connectivity index (χ0v) is 76.6. The molecule has 10 unspecified atom stereocenters. The van der Waals surface area contributed by atoms with Crippen molar-refractivity contribution in [1.82, 2.24) is 0 Å². The molecule has 25 heteroatoms. The molecule has 0 radical (unpaired) electrons. The van der Waals surface area contributed by atoms with Gasteiger partial charge in [0.15, 0.2) is 6.29 Å². The summed E-state index contributed by atoms with van der Waals surface area (Å²) < 4.78 is 56.1. The van der Waals surface area contributed by atoms with Crippen molar-refractivity contribution in [3.8, 4) is 57.5 Å². The molecule has 6 aromatic carbocycles. The van der Waals surface area contributed by atoms with Crippen molar-refractivity contribution in [3.05, 3.63) is 178 Å². The minimum atomic E-state index is -0.962. The number of esters is 3. The summed E-state index contributed by atoms with van der Waals surface area (Å²) in [5.41, 5.74) is 10.1. The molecule has 9 aliphatic rings. The Labute approximate surface area is 778 Å². The van der Waals surface area contributed by atoms with Crippen molar-refractivity contribution in [2.75, 3.05) is 51.6 Å². The van der Waals surface area contributed by atoms with E-state index in [9.17, 15) is 39.6 Å². The van der Waals surface area contributed by atoms with Gasteiger partial charge in [-0.3, -0.25) is 4.79 Å². The number of hydrogen-bond donors (Lipinski definition) is 5. The van der Waals surface area contributed by atoms with Crippen molar-refractivity contribution >= 4 is 56.1 Å². The summed E-state index contributed by atoms with van der Waals surface area (Å²) in [6.45, 7) is 17.0. The van der Waals surface area contributed by atoms with E-state index in [1.165, 1.54) is 117 Å². The summed E-state index contributed by atoms with van der Waals surface area (Å²) in [6.07, 6.45) is 29.7. The maximum atomic E-state index is 12.9. The van der Waals surface area contributed by atoms with Gasteiger partial charge in [0.1, 0.15) is 57.5 Å². The van der Waals surface area contributed by atoms with Gasteiger partial charge in [-0.1, -0.05) is 69.1 Å². The molecule has 15 rings (SSSR count). The van der Waals surface area contributed by atoms with Crippen LogP contribution in [-0.2, 0) is 33.5 Å². The Balaban J connectivity index is 0.000000308. The van der Waals surface area contributed by atoms with Crippen molar-refractivity contribution in [3.63, 3.8) is 0 Å². The first-order valence-electron chi connectivity index (χ1n) is 40.8. The maximum absolute atomic E-state index is 12.9. The third kappa shape index (κ3) is 28.0. The van der Waals surface area contributed by atoms with Crippen LogP contribution < -0.4 is 136 Å². The Morgan fingerprint density at radius 1 is 0.487 bits per heavy atom. The Kier molecular flexibility index (Phi) is 43.5. The number of fused-ring (bicyclic) bond motifs is 20. The molecule has 115 heavy (non-hydrogen) atoms. The largest absolute Gasteiger partial charge is 1.00 e. The van der Waals surface area contributed by atoms with E-state index in [4.69, 9.17) is 59.1 Å². The smallest absolute Gasteiger partial charge is 1.00 e. The van der Waals surface area contributed by atoms with Crippen LogP contribution in [0.5, 0.6) is 57.5 Å². The number of benzene rings is 6. The average Bonchev–Trinajstić information content (AvgIpc) is 1.62. The number of rotatable bonds is 30. The number of alkyl halides is 1. The molecule has 5 N–H and O–H groups in total. The van der Waals surface area contributed by atoms with Gasteiger partial charge < -0.3 is 79.7 Å². The van der Waals surface area contributed by atoms with Crippen LogP contribution in [0, 0.1) is 0 Å². The number of ether oxygens (including phenoxy) is 9. The van der Waals surface area contributed by atoms with Crippen molar-refractivity contribution in [2.24, 2.45) is 0 Å². The summed E-state index contributed by atoms with van der Waals surface area (Å²) >= 11 is 3.31. The molecule has 0 amide bonds. The quantitative estimate of drug-likeness (QED) is 0.00239. The second-order valence-electron chi connectivity index (χ2n) is 29.6. The molecule has 1 heterocycles. The molecule has 8 aliphatic carbocycles. The van der Waals surface area contributed by atoms with Crippen LogP contribution in [0.1, 0.15) is 297 Å². The molecule has 4 saturated carbocycles. The van der Waals surface area contributed by atoms with Crippen LogP contribution >= 0.6 is 25.8 Å². The number of unbranched alkanes of at least 4 members (excludes halogenated alkanes) is 5. The summed E-state index contributed by atoms with van der Waals surface area (Å²) in [7, 11) is 1.67. The molecule has 8 bridgehead atoms. The van der Waals surface area contributed by atoms with Gasteiger partial charge in [-0.15, -0.1) is 0 Å². The van der Waals surface area contributed by atoms with Crippen LogP contribution in [0.25, 0.3) is 0 Å². The van der Waals surface area contributed by atoms with Crippen LogP contribution in [-0.4, -0.2) is 115 Å². The van der Waals surface area contributed by atoms with E-state index in [2.05, 4.69) is 54.7 Å². The third-order valence-electron chi connectivity index (χ3n) is 22.2. The van der Waals surface area contributed by atoms with Gasteiger partial charge in [-0.2, -0.15) is 9.84 Å². The zero-order valence-electron chi connectivity index (χ0n) is 70.6. The Hall–Kier alpha value is -5.55. The van der Waals surface area contributed by atoms with Gasteiger partial charge in [0.2, 0.25) is 0 Å². The number of carbonyl (C=O) groups is 5. The van der Waals surface area contributed by atoms with E-state index in [0.29, 0.717) is 132 Å². The number of aromatic hydroxyl groups is 4. The van der Waals surface area contributed by atoms with E-state index in [0.717, 1.165) is 142 Å². The summed E-state index contributed by atoms with van der Waals surface area (Å²) in [5, 5.41) is 57.7. The molecular formula is C90H117BrK2O21P+. The molecule has 0 aromatic heterocycles. The molecular weight excluding hydrogens is 1610 g/mol. The number of hydrogen-bond acceptors (Lipinski definition) is 20. The normalized spacial score (nSPS) is 19.9.